The van der Waals surface area contributed by atoms with Crippen LogP contribution >= 0.6 is 0 Å². The van der Waals surface area contributed by atoms with Gasteiger partial charge in [-0.2, -0.15) is 0 Å². The van der Waals surface area contributed by atoms with Crippen LogP contribution in [0.2, 0.25) is 19.6 Å². The van der Waals surface area contributed by atoms with Gasteiger partial charge in [0.05, 0.1) is 8.07 Å². The molecular weight excluding hydrogens is 196 g/mol. The van der Waals surface area contributed by atoms with E-state index >= 15 is 0 Å². The first-order valence-corrected chi connectivity index (χ1v) is 9.95. The highest BCUT2D eigenvalue weighted by atomic mass is 28.3. The molecule has 15 heavy (non-hydrogen) atoms. The summed E-state index contributed by atoms with van der Waals surface area (Å²) in [6, 6.07) is 0. The van der Waals surface area contributed by atoms with Crippen molar-refractivity contribution in [2.24, 2.45) is 0 Å². The molecule has 0 N–H and O–H groups in total. The fourth-order valence-electron chi connectivity index (χ4n) is 1.39. The maximum Gasteiger partial charge on any atom is 0.0687 e. The van der Waals surface area contributed by atoms with E-state index in [-0.39, 0.29) is 0 Å². The summed E-state index contributed by atoms with van der Waals surface area (Å²) in [5.41, 5.74) is 4.01. The lowest BCUT2D eigenvalue weighted by atomic mass is 10.1. The minimum Gasteiger partial charge on any atom is -0.0947 e. The van der Waals surface area contributed by atoms with E-state index in [1.807, 2.05) is 0 Å². The summed E-state index contributed by atoms with van der Waals surface area (Å²) in [6.45, 7) is 11.7. The number of allylic oxidation sites excluding steroid dienone is 3. The highest BCUT2D eigenvalue weighted by Gasteiger charge is 2.06. The predicted molar refractivity (Wildman–Crippen MR) is 75.0 cm³/mol. The molecule has 0 atom stereocenters. The minimum absolute atomic E-state index is 1.02. The van der Waals surface area contributed by atoms with Crippen LogP contribution in [-0.2, 0) is 0 Å². The van der Waals surface area contributed by atoms with Gasteiger partial charge in [-0.3, -0.25) is 0 Å². The summed E-state index contributed by atoms with van der Waals surface area (Å²) in [5.74, 6) is 0. The molecule has 0 aromatic carbocycles. The van der Waals surface area contributed by atoms with E-state index in [1.165, 1.54) is 32.1 Å². The smallest absolute Gasteiger partial charge is 0.0687 e. The van der Waals surface area contributed by atoms with Crippen LogP contribution in [-0.4, -0.2) is 8.07 Å². The van der Waals surface area contributed by atoms with Gasteiger partial charge in [-0.25, -0.2) is 0 Å². The first-order chi connectivity index (χ1) is 6.99. The normalized spacial score (nSPS) is 13.8. The third kappa shape index (κ3) is 9.99. The Morgan fingerprint density at radius 3 is 2.20 bits per heavy atom. The Labute approximate surface area is 97.5 Å². The van der Waals surface area contributed by atoms with Crippen molar-refractivity contribution in [2.45, 2.75) is 65.6 Å². The van der Waals surface area contributed by atoms with Crippen LogP contribution in [0.15, 0.2) is 23.4 Å². The van der Waals surface area contributed by atoms with Gasteiger partial charge >= 0.3 is 0 Å². The summed E-state index contributed by atoms with van der Waals surface area (Å²) in [4.78, 5) is 0. The summed E-state index contributed by atoms with van der Waals surface area (Å²) < 4.78 is 0. The van der Waals surface area contributed by atoms with E-state index in [4.69, 9.17) is 0 Å². The monoisotopic (exact) mass is 224 g/mol. The Balaban J connectivity index is 4.26. The quantitative estimate of drug-likeness (QED) is 0.311. The van der Waals surface area contributed by atoms with Gasteiger partial charge in [-0.1, -0.05) is 76.2 Å². The van der Waals surface area contributed by atoms with Crippen molar-refractivity contribution in [3.8, 4) is 0 Å². The molecule has 0 aliphatic heterocycles. The van der Waals surface area contributed by atoms with E-state index in [1.54, 1.807) is 5.57 Å². The second-order valence-corrected chi connectivity index (χ2v) is 10.4. The van der Waals surface area contributed by atoms with Crippen molar-refractivity contribution in [3.63, 3.8) is 0 Å². The van der Waals surface area contributed by atoms with Gasteiger partial charge in [0.2, 0.25) is 0 Å². The van der Waals surface area contributed by atoms with Crippen molar-refractivity contribution in [3.05, 3.63) is 23.4 Å². The van der Waals surface area contributed by atoms with Gasteiger partial charge < -0.3 is 0 Å². The van der Waals surface area contributed by atoms with Crippen molar-refractivity contribution in [1.82, 2.24) is 0 Å². The van der Waals surface area contributed by atoms with Gasteiger partial charge in [0.15, 0.2) is 0 Å². The molecule has 0 aliphatic rings. The third-order valence-electron chi connectivity index (χ3n) is 2.30. The van der Waals surface area contributed by atoms with E-state index in [2.05, 4.69) is 51.3 Å². The zero-order valence-electron chi connectivity index (χ0n) is 11.3. The Kier molecular flexibility index (Phi) is 7.76. The maximum atomic E-state index is 2.46. The topological polar surface area (TPSA) is 0 Å². The minimum atomic E-state index is -1.02. The van der Waals surface area contributed by atoms with Crippen molar-refractivity contribution >= 4 is 8.07 Å². The summed E-state index contributed by atoms with van der Waals surface area (Å²) >= 11 is 0. The largest absolute Gasteiger partial charge is 0.0947 e. The van der Waals surface area contributed by atoms with Crippen LogP contribution in [0.1, 0.15) is 46.0 Å². The van der Waals surface area contributed by atoms with Crippen LogP contribution in [0.3, 0.4) is 0 Å². The summed E-state index contributed by atoms with van der Waals surface area (Å²) in [7, 11) is -1.02. The molecule has 88 valence electrons. The Hall–Kier alpha value is -0.303. The number of hydrogen-bond acceptors (Lipinski definition) is 0. The molecule has 0 nitrogen and oxygen atoms in total. The van der Waals surface area contributed by atoms with Gasteiger partial charge in [0, 0.05) is 0 Å². The van der Waals surface area contributed by atoms with Gasteiger partial charge in [-0.05, 0) is 12.8 Å². The van der Waals surface area contributed by atoms with Gasteiger partial charge in [0.1, 0.15) is 0 Å². The molecule has 0 rings (SSSR count). The lowest BCUT2D eigenvalue weighted by Crippen LogP contribution is -2.15. The van der Waals surface area contributed by atoms with Gasteiger partial charge in [-0.15, -0.1) is 0 Å². The van der Waals surface area contributed by atoms with Crippen molar-refractivity contribution in [1.29, 1.82) is 0 Å². The van der Waals surface area contributed by atoms with Crippen molar-refractivity contribution < 1.29 is 0 Å². The average Bonchev–Trinajstić information content (AvgIpc) is 2.13. The van der Waals surface area contributed by atoms with Gasteiger partial charge in [0.25, 0.3) is 0 Å². The number of hydrogen-bond donors (Lipinski definition) is 0. The average molecular weight is 224 g/mol. The predicted octanol–water partition coefficient (Wildman–Crippen LogP) is 5.34. The first-order valence-electron chi connectivity index (χ1n) is 6.38. The molecule has 0 heterocycles. The third-order valence-corrected chi connectivity index (χ3v) is 3.47. The lowest BCUT2D eigenvalue weighted by molar-refractivity contribution is 0.805. The van der Waals surface area contributed by atoms with Crippen molar-refractivity contribution in [2.75, 3.05) is 0 Å². The second-order valence-electron chi connectivity index (χ2n) is 5.37. The summed E-state index contributed by atoms with van der Waals surface area (Å²) in [5, 5.41) is 0. The summed E-state index contributed by atoms with van der Waals surface area (Å²) in [6.07, 6.45) is 11.2. The van der Waals surface area contributed by atoms with E-state index < -0.39 is 8.07 Å². The van der Waals surface area contributed by atoms with Crippen LogP contribution in [0.5, 0.6) is 0 Å². The Bertz CT molecular complexity index is 206. The molecule has 0 aromatic heterocycles. The fraction of sp³-hybridized carbons (Fsp3) is 0.714. The van der Waals surface area contributed by atoms with E-state index in [9.17, 15) is 0 Å². The fourth-order valence-corrected chi connectivity index (χ4v) is 2.10. The standard InChI is InChI=1S/C14H28Si/c1-6-8-9-11-14(10-7-2)12-13-15(3,4)5/h11-13H,6-10H2,1-5H3. The maximum absolute atomic E-state index is 2.46. The van der Waals surface area contributed by atoms with Crippen LogP contribution in [0.25, 0.3) is 0 Å². The molecular formula is C14H28Si. The molecule has 0 amide bonds. The molecule has 0 aliphatic carbocycles. The Morgan fingerprint density at radius 1 is 1.07 bits per heavy atom. The number of unbranched alkanes of at least 4 members (excludes halogenated alkanes) is 2. The molecule has 0 unspecified atom stereocenters. The molecule has 0 saturated carbocycles. The second kappa shape index (κ2) is 7.92. The number of rotatable bonds is 7. The van der Waals surface area contributed by atoms with E-state index in [0.717, 1.165) is 0 Å². The van der Waals surface area contributed by atoms with Crippen LogP contribution in [0.4, 0.5) is 0 Å². The highest BCUT2D eigenvalue weighted by molar-refractivity contribution is 6.81. The molecule has 0 fully saturated rings. The lowest BCUT2D eigenvalue weighted by Gasteiger charge is -2.09. The van der Waals surface area contributed by atoms with E-state index in [0.29, 0.717) is 0 Å². The highest BCUT2D eigenvalue weighted by Crippen LogP contribution is 2.12. The molecule has 0 radical (unpaired) electrons. The van der Waals surface area contributed by atoms with Crippen LogP contribution < -0.4 is 0 Å². The zero-order chi connectivity index (χ0) is 11.7. The first kappa shape index (κ1) is 14.7. The van der Waals surface area contributed by atoms with Crippen LogP contribution in [0, 0.1) is 0 Å². The molecule has 1 heteroatoms. The molecule has 0 spiro atoms. The molecule has 0 bridgehead atoms. The SMILES string of the molecule is CCCCC=C(C=C[Si](C)(C)C)CCC. The Morgan fingerprint density at radius 2 is 1.73 bits per heavy atom. The zero-order valence-corrected chi connectivity index (χ0v) is 12.3. The molecule has 0 saturated heterocycles. The molecule has 0 aromatic rings.